The van der Waals surface area contributed by atoms with Gasteiger partial charge in [-0.1, -0.05) is 54.6 Å². The number of likely N-dealkylation sites (tertiary alicyclic amines) is 1. The van der Waals surface area contributed by atoms with Gasteiger partial charge in [0.1, 0.15) is 23.9 Å². The predicted molar refractivity (Wildman–Crippen MR) is 141 cm³/mol. The first-order chi connectivity index (χ1) is 18.0. The minimum atomic E-state index is -0.946. The zero-order valence-corrected chi connectivity index (χ0v) is 21.1. The summed E-state index contributed by atoms with van der Waals surface area (Å²) in [4.78, 5) is 13.2. The van der Waals surface area contributed by atoms with Gasteiger partial charge in [-0.05, 0) is 66.7 Å². The Morgan fingerprint density at radius 2 is 1.84 bits per heavy atom. The molecule has 1 N–H and O–H groups in total. The van der Waals surface area contributed by atoms with Crippen molar-refractivity contribution < 1.29 is 23.8 Å². The van der Waals surface area contributed by atoms with E-state index >= 15 is 0 Å². The van der Waals surface area contributed by atoms with Gasteiger partial charge in [-0.2, -0.15) is 0 Å². The van der Waals surface area contributed by atoms with Crippen molar-refractivity contribution in [2.24, 2.45) is 0 Å². The summed E-state index contributed by atoms with van der Waals surface area (Å²) >= 11 is 0. The van der Waals surface area contributed by atoms with Gasteiger partial charge in [-0.15, -0.1) is 0 Å². The molecule has 1 heterocycles. The zero-order chi connectivity index (χ0) is 25.8. The SMILES string of the molecule is COc1cc(COc2ccc(CCC(=O)O)c(F)c2)ccc1CN1CCC2(C=Cc3ccccc32)CC1. The molecule has 5 nitrogen and oxygen atoms in total. The molecule has 0 amide bonds. The van der Waals surface area contributed by atoms with Crippen LogP contribution in [0.3, 0.4) is 0 Å². The number of piperidine rings is 1. The number of fused-ring (bicyclic) bond motifs is 2. The molecule has 3 aromatic carbocycles. The van der Waals surface area contributed by atoms with Gasteiger partial charge in [0, 0.05) is 30.0 Å². The van der Waals surface area contributed by atoms with Crippen LogP contribution in [0.15, 0.2) is 66.7 Å². The summed E-state index contributed by atoms with van der Waals surface area (Å²) in [6, 6.07) is 19.4. The summed E-state index contributed by atoms with van der Waals surface area (Å²) in [5.74, 6) is -0.170. The van der Waals surface area contributed by atoms with E-state index in [0.717, 1.165) is 49.4 Å². The number of benzene rings is 3. The van der Waals surface area contributed by atoms with E-state index in [9.17, 15) is 9.18 Å². The molecule has 192 valence electrons. The van der Waals surface area contributed by atoms with Crippen molar-refractivity contribution in [3.05, 3.63) is 100 Å². The molecule has 1 aliphatic carbocycles. The summed E-state index contributed by atoms with van der Waals surface area (Å²) in [6.07, 6.45) is 6.95. The molecule has 0 aromatic heterocycles. The molecule has 1 saturated heterocycles. The van der Waals surface area contributed by atoms with E-state index in [1.807, 2.05) is 12.1 Å². The fourth-order valence-corrected chi connectivity index (χ4v) is 5.46. The fourth-order valence-electron chi connectivity index (χ4n) is 5.46. The first-order valence-corrected chi connectivity index (χ1v) is 12.8. The van der Waals surface area contributed by atoms with Crippen LogP contribution in [0.1, 0.15) is 47.1 Å². The molecule has 3 aromatic rings. The topological polar surface area (TPSA) is 59.0 Å². The maximum Gasteiger partial charge on any atom is 0.303 e. The van der Waals surface area contributed by atoms with E-state index in [0.29, 0.717) is 11.3 Å². The Labute approximate surface area is 217 Å². The van der Waals surface area contributed by atoms with Crippen LogP contribution in [0.25, 0.3) is 6.08 Å². The molecular formula is C31H32FNO4. The molecule has 5 rings (SSSR count). The quantitative estimate of drug-likeness (QED) is 0.390. The second kappa shape index (κ2) is 10.8. The normalized spacial score (nSPS) is 16.1. The number of hydrogen-bond donors (Lipinski definition) is 1. The van der Waals surface area contributed by atoms with Crippen molar-refractivity contribution >= 4 is 12.0 Å². The van der Waals surface area contributed by atoms with Crippen molar-refractivity contribution in [2.45, 2.75) is 44.2 Å². The van der Waals surface area contributed by atoms with Crippen LogP contribution in [-0.2, 0) is 29.8 Å². The van der Waals surface area contributed by atoms with Gasteiger partial charge in [0.2, 0.25) is 0 Å². The summed E-state index contributed by atoms with van der Waals surface area (Å²) in [7, 11) is 1.68. The standard InChI is InChI=1S/C31H32FNO4/c1-36-29-18-22(21-37-26-10-8-24(28(32)19-26)9-11-30(34)35)6-7-25(29)20-33-16-14-31(15-17-33)13-12-23-4-2-3-5-27(23)31/h2-8,10,12-13,18-19H,9,11,14-17,20-21H2,1H3,(H,34,35). The lowest BCUT2D eigenvalue weighted by molar-refractivity contribution is -0.136. The highest BCUT2D eigenvalue weighted by molar-refractivity contribution is 5.67. The number of carboxylic acids is 1. The number of methoxy groups -OCH3 is 1. The molecule has 2 aliphatic rings. The first-order valence-electron chi connectivity index (χ1n) is 12.8. The van der Waals surface area contributed by atoms with Gasteiger partial charge < -0.3 is 14.6 Å². The van der Waals surface area contributed by atoms with E-state index in [1.165, 1.54) is 17.2 Å². The Morgan fingerprint density at radius 3 is 2.59 bits per heavy atom. The number of halogens is 1. The highest BCUT2D eigenvalue weighted by Crippen LogP contribution is 2.44. The molecule has 6 heteroatoms. The lowest BCUT2D eigenvalue weighted by Crippen LogP contribution is -2.40. The fraction of sp³-hybridized carbons (Fsp3) is 0.323. The van der Waals surface area contributed by atoms with Crippen molar-refractivity contribution in [2.75, 3.05) is 20.2 Å². The summed E-state index contributed by atoms with van der Waals surface area (Å²) in [6.45, 7) is 3.17. The number of carbonyl (C=O) groups is 1. The summed E-state index contributed by atoms with van der Waals surface area (Å²) in [5, 5.41) is 8.80. The maximum atomic E-state index is 14.3. The van der Waals surface area contributed by atoms with E-state index < -0.39 is 11.8 Å². The van der Waals surface area contributed by atoms with Gasteiger partial charge >= 0.3 is 5.97 Å². The molecule has 1 fully saturated rings. The van der Waals surface area contributed by atoms with E-state index in [2.05, 4.69) is 47.4 Å². The molecule has 0 saturated carbocycles. The Morgan fingerprint density at radius 1 is 1.05 bits per heavy atom. The number of aliphatic carboxylic acids is 1. The van der Waals surface area contributed by atoms with Gasteiger partial charge in [-0.3, -0.25) is 9.69 Å². The molecule has 0 bridgehead atoms. The Kier molecular flexibility index (Phi) is 7.28. The van der Waals surface area contributed by atoms with Gasteiger partial charge in [-0.25, -0.2) is 4.39 Å². The van der Waals surface area contributed by atoms with Crippen LogP contribution >= 0.6 is 0 Å². The average Bonchev–Trinajstić information content (AvgIpc) is 3.26. The molecule has 0 unspecified atom stereocenters. The number of rotatable bonds is 9. The molecule has 0 atom stereocenters. The van der Waals surface area contributed by atoms with Gasteiger partial charge in [0.25, 0.3) is 0 Å². The van der Waals surface area contributed by atoms with Crippen LogP contribution in [0, 0.1) is 5.82 Å². The number of allylic oxidation sites excluding steroid dienone is 1. The summed E-state index contributed by atoms with van der Waals surface area (Å²) in [5.41, 5.74) is 5.43. The number of aryl methyl sites for hydroxylation is 1. The van der Waals surface area contributed by atoms with Crippen LogP contribution in [0.5, 0.6) is 11.5 Å². The van der Waals surface area contributed by atoms with Crippen LogP contribution in [-0.4, -0.2) is 36.2 Å². The van der Waals surface area contributed by atoms with Crippen molar-refractivity contribution in [3.63, 3.8) is 0 Å². The maximum absolute atomic E-state index is 14.3. The number of ether oxygens (including phenoxy) is 2. The number of nitrogens with zero attached hydrogens (tertiary/aromatic N) is 1. The van der Waals surface area contributed by atoms with Crippen LogP contribution in [0.4, 0.5) is 4.39 Å². The Bertz CT molecular complexity index is 1310. The average molecular weight is 502 g/mol. The minimum absolute atomic E-state index is 0.105. The van der Waals surface area contributed by atoms with Crippen molar-refractivity contribution in [1.82, 2.24) is 4.90 Å². The molecule has 1 spiro atoms. The third-order valence-corrected chi connectivity index (χ3v) is 7.61. The molecule has 0 radical (unpaired) electrons. The van der Waals surface area contributed by atoms with Crippen LogP contribution in [0.2, 0.25) is 0 Å². The smallest absolute Gasteiger partial charge is 0.303 e. The monoisotopic (exact) mass is 501 g/mol. The highest BCUT2D eigenvalue weighted by atomic mass is 19.1. The summed E-state index contributed by atoms with van der Waals surface area (Å²) < 4.78 is 25.8. The van der Waals surface area contributed by atoms with Gasteiger partial charge in [0.05, 0.1) is 7.11 Å². The van der Waals surface area contributed by atoms with Gasteiger partial charge in [0.15, 0.2) is 0 Å². The Balaban J connectivity index is 1.18. The minimum Gasteiger partial charge on any atom is -0.496 e. The second-order valence-corrected chi connectivity index (χ2v) is 9.93. The highest BCUT2D eigenvalue weighted by Gasteiger charge is 2.37. The first kappa shape index (κ1) is 25.0. The molecular weight excluding hydrogens is 469 g/mol. The number of hydrogen-bond acceptors (Lipinski definition) is 4. The molecule has 37 heavy (non-hydrogen) atoms. The lowest BCUT2D eigenvalue weighted by atomic mass is 9.74. The van der Waals surface area contributed by atoms with Crippen LogP contribution < -0.4 is 9.47 Å². The van der Waals surface area contributed by atoms with E-state index in [-0.39, 0.29) is 24.9 Å². The predicted octanol–water partition coefficient (Wildman–Crippen LogP) is 5.99. The molecule has 1 aliphatic heterocycles. The van der Waals surface area contributed by atoms with E-state index in [4.69, 9.17) is 14.6 Å². The van der Waals surface area contributed by atoms with Crippen molar-refractivity contribution in [1.29, 1.82) is 0 Å². The zero-order valence-electron chi connectivity index (χ0n) is 21.1. The largest absolute Gasteiger partial charge is 0.496 e. The van der Waals surface area contributed by atoms with E-state index in [1.54, 1.807) is 19.2 Å². The Hall–Kier alpha value is -3.64. The third kappa shape index (κ3) is 5.54. The number of carboxylic acid groups (broad SMARTS) is 1. The lowest BCUT2D eigenvalue weighted by Gasteiger charge is -2.39. The van der Waals surface area contributed by atoms with Crippen molar-refractivity contribution in [3.8, 4) is 11.5 Å². The third-order valence-electron chi connectivity index (χ3n) is 7.61. The second-order valence-electron chi connectivity index (χ2n) is 9.93.